The van der Waals surface area contributed by atoms with Gasteiger partial charge in [-0.3, -0.25) is 14.7 Å². The van der Waals surface area contributed by atoms with Crippen molar-refractivity contribution >= 4 is 46.2 Å². The molecule has 152 valence electrons. The maximum atomic E-state index is 13.0. The van der Waals surface area contributed by atoms with Crippen molar-refractivity contribution in [2.45, 2.75) is 37.9 Å². The number of benzene rings is 1. The lowest BCUT2D eigenvalue weighted by Gasteiger charge is -2.28. The van der Waals surface area contributed by atoms with Crippen LogP contribution in [0.5, 0.6) is 0 Å². The Balaban J connectivity index is 1.66. The van der Waals surface area contributed by atoms with Gasteiger partial charge in [0.05, 0.1) is 12.0 Å². The lowest BCUT2D eigenvalue weighted by atomic mass is 9.93. The maximum Gasteiger partial charge on any atom is 0.417 e. The van der Waals surface area contributed by atoms with Crippen molar-refractivity contribution in [3.8, 4) is 0 Å². The summed E-state index contributed by atoms with van der Waals surface area (Å²) in [6, 6.07) is 5.79. The number of imidazole rings is 1. The van der Waals surface area contributed by atoms with Gasteiger partial charge < -0.3 is 0 Å². The molecule has 1 aliphatic rings. The minimum atomic E-state index is -4.52. The molecule has 0 atom stereocenters. The standard InChI is InChI=1S/C19H15Cl2F3N4O/c20-12-4-5-14(21)10(6-12)7-16(29)27-18-26-15-8-11(19(22,23)24)9-25-17(15)28(18)13-2-1-3-13/h4-6,8-9,13H,1-3,7H2,(H,26,27,29). The molecule has 0 bridgehead atoms. The number of anilines is 1. The molecule has 1 amide bonds. The van der Waals surface area contributed by atoms with Crippen LogP contribution in [0.15, 0.2) is 30.5 Å². The zero-order chi connectivity index (χ0) is 20.8. The molecule has 5 nitrogen and oxygen atoms in total. The molecule has 0 unspecified atom stereocenters. The van der Waals surface area contributed by atoms with E-state index in [0.29, 0.717) is 21.3 Å². The van der Waals surface area contributed by atoms with Crippen LogP contribution in [0.4, 0.5) is 19.1 Å². The average molecular weight is 443 g/mol. The van der Waals surface area contributed by atoms with E-state index in [1.54, 1.807) is 22.8 Å². The highest BCUT2D eigenvalue weighted by molar-refractivity contribution is 6.33. The Morgan fingerprint density at radius 2 is 2.00 bits per heavy atom. The number of hydrogen-bond acceptors (Lipinski definition) is 3. The Morgan fingerprint density at radius 1 is 1.24 bits per heavy atom. The molecule has 3 aromatic rings. The summed E-state index contributed by atoms with van der Waals surface area (Å²) >= 11 is 12.1. The largest absolute Gasteiger partial charge is 0.417 e. The Hall–Kier alpha value is -2.32. The van der Waals surface area contributed by atoms with E-state index in [-0.39, 0.29) is 23.9 Å². The van der Waals surface area contributed by atoms with Crippen molar-refractivity contribution in [1.82, 2.24) is 14.5 Å². The molecule has 1 aliphatic carbocycles. The number of rotatable bonds is 4. The average Bonchev–Trinajstić information content (AvgIpc) is 2.93. The van der Waals surface area contributed by atoms with Gasteiger partial charge in [0.1, 0.15) is 5.52 Å². The van der Waals surface area contributed by atoms with Crippen LogP contribution in [0.2, 0.25) is 10.0 Å². The SMILES string of the molecule is O=C(Cc1cc(Cl)ccc1Cl)Nc1nc2cc(C(F)(F)F)cnc2n1C1CCC1. The van der Waals surface area contributed by atoms with Crippen LogP contribution in [-0.2, 0) is 17.4 Å². The Kier molecular flexibility index (Phi) is 5.16. The fraction of sp³-hybridized carbons (Fsp3) is 0.316. The first kappa shape index (κ1) is 20.0. The second-order valence-electron chi connectivity index (χ2n) is 6.92. The van der Waals surface area contributed by atoms with Crippen LogP contribution < -0.4 is 5.32 Å². The fourth-order valence-corrected chi connectivity index (χ4v) is 3.62. The van der Waals surface area contributed by atoms with Crippen LogP contribution in [0.3, 0.4) is 0 Å². The number of aromatic nitrogens is 3. The predicted molar refractivity (Wildman–Crippen MR) is 104 cm³/mol. The van der Waals surface area contributed by atoms with E-state index in [1.807, 2.05) is 0 Å². The van der Waals surface area contributed by atoms with Crippen molar-refractivity contribution in [3.05, 3.63) is 51.6 Å². The maximum absolute atomic E-state index is 13.0. The molecular formula is C19H15Cl2F3N4O. The van der Waals surface area contributed by atoms with Crippen LogP contribution in [0.1, 0.15) is 36.4 Å². The molecule has 2 heterocycles. The summed E-state index contributed by atoms with van der Waals surface area (Å²) in [7, 11) is 0. The minimum Gasteiger partial charge on any atom is -0.296 e. The molecule has 4 rings (SSSR count). The number of carbonyl (C=O) groups excluding carboxylic acids is 1. The smallest absolute Gasteiger partial charge is 0.296 e. The van der Waals surface area contributed by atoms with E-state index in [9.17, 15) is 18.0 Å². The summed E-state index contributed by atoms with van der Waals surface area (Å²) < 4.78 is 40.7. The lowest BCUT2D eigenvalue weighted by Crippen LogP contribution is -2.23. The first-order chi connectivity index (χ1) is 13.7. The van der Waals surface area contributed by atoms with Crippen molar-refractivity contribution in [2.24, 2.45) is 0 Å². The number of alkyl halides is 3. The van der Waals surface area contributed by atoms with E-state index in [2.05, 4.69) is 15.3 Å². The molecule has 1 fully saturated rings. The van der Waals surface area contributed by atoms with E-state index >= 15 is 0 Å². The Morgan fingerprint density at radius 3 is 2.66 bits per heavy atom. The molecule has 1 saturated carbocycles. The summed E-state index contributed by atoms with van der Waals surface area (Å²) in [5.74, 6) is -0.222. The highest BCUT2D eigenvalue weighted by Crippen LogP contribution is 2.38. The number of nitrogens with one attached hydrogen (secondary N) is 1. The number of carbonyl (C=O) groups is 1. The second kappa shape index (κ2) is 7.50. The Labute approximate surface area is 173 Å². The van der Waals surface area contributed by atoms with Crippen LogP contribution in [0.25, 0.3) is 11.2 Å². The molecule has 10 heteroatoms. The van der Waals surface area contributed by atoms with E-state index < -0.39 is 17.6 Å². The van der Waals surface area contributed by atoms with Crippen LogP contribution in [-0.4, -0.2) is 20.4 Å². The summed E-state index contributed by atoms with van der Waals surface area (Å²) in [6.45, 7) is 0. The monoisotopic (exact) mass is 442 g/mol. The second-order valence-corrected chi connectivity index (χ2v) is 7.76. The zero-order valence-electron chi connectivity index (χ0n) is 14.9. The molecule has 1 N–H and O–H groups in total. The lowest BCUT2D eigenvalue weighted by molar-refractivity contribution is -0.137. The van der Waals surface area contributed by atoms with E-state index in [1.165, 1.54) is 0 Å². The number of pyridine rings is 1. The summed E-state index contributed by atoms with van der Waals surface area (Å²) in [5, 5.41) is 3.54. The quantitative estimate of drug-likeness (QED) is 0.566. The summed E-state index contributed by atoms with van der Waals surface area (Å²) in [6.07, 6.45) is -1.09. The van der Waals surface area contributed by atoms with Crippen molar-refractivity contribution in [1.29, 1.82) is 0 Å². The molecule has 0 spiro atoms. The van der Waals surface area contributed by atoms with Crippen LogP contribution >= 0.6 is 23.2 Å². The molecule has 0 saturated heterocycles. The predicted octanol–water partition coefficient (Wildman–Crippen LogP) is 5.66. The third-order valence-electron chi connectivity index (χ3n) is 4.91. The number of fused-ring (bicyclic) bond motifs is 1. The van der Waals surface area contributed by atoms with Crippen molar-refractivity contribution in [2.75, 3.05) is 5.32 Å². The molecule has 0 aliphatic heterocycles. The van der Waals surface area contributed by atoms with Gasteiger partial charge in [0.2, 0.25) is 11.9 Å². The summed E-state index contributed by atoms with van der Waals surface area (Å²) in [4.78, 5) is 20.8. The first-order valence-electron chi connectivity index (χ1n) is 8.91. The topological polar surface area (TPSA) is 59.8 Å². The highest BCUT2D eigenvalue weighted by Gasteiger charge is 2.33. The normalized spacial score (nSPS) is 14.8. The van der Waals surface area contributed by atoms with Gasteiger partial charge in [-0.05, 0) is 49.1 Å². The number of nitrogens with zero attached hydrogens (tertiary/aromatic N) is 3. The number of amides is 1. The highest BCUT2D eigenvalue weighted by atomic mass is 35.5. The molecule has 1 aromatic carbocycles. The van der Waals surface area contributed by atoms with Gasteiger partial charge >= 0.3 is 6.18 Å². The van der Waals surface area contributed by atoms with Gasteiger partial charge in [0, 0.05) is 22.3 Å². The van der Waals surface area contributed by atoms with Gasteiger partial charge in [-0.25, -0.2) is 9.97 Å². The van der Waals surface area contributed by atoms with E-state index in [4.69, 9.17) is 23.2 Å². The fourth-order valence-electron chi connectivity index (χ4n) is 3.24. The van der Waals surface area contributed by atoms with Crippen LogP contribution in [0, 0.1) is 0 Å². The summed E-state index contributed by atoms with van der Waals surface area (Å²) in [5.41, 5.74) is 0.0638. The van der Waals surface area contributed by atoms with Gasteiger partial charge in [0.15, 0.2) is 5.65 Å². The molecule has 2 aromatic heterocycles. The number of hydrogen-bond donors (Lipinski definition) is 1. The van der Waals surface area contributed by atoms with Gasteiger partial charge in [-0.2, -0.15) is 13.2 Å². The molecular weight excluding hydrogens is 428 g/mol. The molecule has 29 heavy (non-hydrogen) atoms. The third-order valence-corrected chi connectivity index (χ3v) is 5.51. The van der Waals surface area contributed by atoms with Gasteiger partial charge in [-0.15, -0.1) is 0 Å². The van der Waals surface area contributed by atoms with Crippen molar-refractivity contribution in [3.63, 3.8) is 0 Å². The first-order valence-corrected chi connectivity index (χ1v) is 9.67. The van der Waals surface area contributed by atoms with Gasteiger partial charge in [0.25, 0.3) is 0 Å². The number of halogens is 5. The Bertz CT molecular complexity index is 1090. The zero-order valence-corrected chi connectivity index (χ0v) is 16.4. The van der Waals surface area contributed by atoms with Crippen molar-refractivity contribution < 1.29 is 18.0 Å². The minimum absolute atomic E-state index is 0.0364. The third kappa shape index (κ3) is 4.04. The van der Waals surface area contributed by atoms with Gasteiger partial charge in [-0.1, -0.05) is 23.2 Å². The van der Waals surface area contributed by atoms with E-state index in [0.717, 1.165) is 31.5 Å². The molecule has 0 radical (unpaired) electrons.